The van der Waals surface area contributed by atoms with Crippen molar-refractivity contribution in [3.8, 4) is 11.4 Å². The molecule has 0 bridgehead atoms. The highest BCUT2D eigenvalue weighted by molar-refractivity contribution is 5.78. The predicted octanol–water partition coefficient (Wildman–Crippen LogP) is 4.49. The van der Waals surface area contributed by atoms with Gasteiger partial charge in [0.05, 0.1) is 0 Å². The van der Waals surface area contributed by atoms with Crippen LogP contribution < -0.4 is 0 Å². The number of fused-ring (bicyclic) bond motifs is 1. The molecule has 0 aliphatic heterocycles. The maximum Gasteiger partial charge on any atom is 0.230 e. The highest BCUT2D eigenvalue weighted by Gasteiger charge is 2.22. The molecular formula is C17H19N3O2. The predicted molar refractivity (Wildman–Crippen MR) is 82.5 cm³/mol. The Balaban J connectivity index is 1.65. The first-order chi connectivity index (χ1) is 10.8. The summed E-state index contributed by atoms with van der Waals surface area (Å²) >= 11 is 0. The van der Waals surface area contributed by atoms with Crippen LogP contribution in [-0.2, 0) is 6.42 Å². The molecule has 0 saturated heterocycles. The Morgan fingerprint density at radius 1 is 1.14 bits per heavy atom. The van der Waals surface area contributed by atoms with Gasteiger partial charge in [-0.2, -0.15) is 4.98 Å². The van der Waals surface area contributed by atoms with E-state index in [-0.39, 0.29) is 0 Å². The molecule has 1 aromatic carbocycles. The van der Waals surface area contributed by atoms with E-state index in [9.17, 15) is 0 Å². The number of aryl methyl sites for hydroxylation is 1. The first-order valence-corrected chi connectivity index (χ1v) is 8.07. The largest absolute Gasteiger partial charge is 0.441 e. The van der Waals surface area contributed by atoms with Gasteiger partial charge >= 0.3 is 0 Å². The van der Waals surface area contributed by atoms with E-state index in [0.29, 0.717) is 11.7 Å². The first-order valence-electron chi connectivity index (χ1n) is 8.07. The molecular weight excluding hydrogens is 278 g/mol. The zero-order valence-electron chi connectivity index (χ0n) is 12.7. The van der Waals surface area contributed by atoms with E-state index < -0.39 is 0 Å². The van der Waals surface area contributed by atoms with Gasteiger partial charge in [0, 0.05) is 17.9 Å². The van der Waals surface area contributed by atoms with E-state index in [4.69, 9.17) is 8.94 Å². The topological polar surface area (TPSA) is 65.0 Å². The van der Waals surface area contributed by atoms with E-state index in [1.54, 1.807) is 0 Å². The molecule has 5 heteroatoms. The van der Waals surface area contributed by atoms with Gasteiger partial charge in [-0.15, -0.1) is 0 Å². The second kappa shape index (κ2) is 5.55. The Hall–Kier alpha value is -2.17. The van der Waals surface area contributed by atoms with Crippen LogP contribution in [0.4, 0.5) is 0 Å². The molecule has 0 spiro atoms. The van der Waals surface area contributed by atoms with Crippen molar-refractivity contribution in [3.05, 3.63) is 30.0 Å². The minimum atomic E-state index is 0.428. The van der Waals surface area contributed by atoms with Gasteiger partial charge in [-0.1, -0.05) is 31.3 Å². The maximum absolute atomic E-state index is 5.63. The van der Waals surface area contributed by atoms with Gasteiger partial charge < -0.3 is 8.94 Å². The fourth-order valence-electron chi connectivity index (χ4n) is 3.13. The number of nitrogens with zero attached hydrogens (tertiary/aromatic N) is 3. The molecule has 0 atom stereocenters. The van der Waals surface area contributed by atoms with Crippen molar-refractivity contribution in [2.24, 2.45) is 0 Å². The van der Waals surface area contributed by atoms with E-state index in [1.807, 2.05) is 25.1 Å². The number of aromatic nitrogens is 3. The van der Waals surface area contributed by atoms with Crippen LogP contribution in [0.3, 0.4) is 0 Å². The van der Waals surface area contributed by atoms with Crippen LogP contribution in [0.5, 0.6) is 0 Å². The van der Waals surface area contributed by atoms with Gasteiger partial charge in [0.25, 0.3) is 0 Å². The van der Waals surface area contributed by atoms with Crippen LogP contribution >= 0.6 is 0 Å². The van der Waals surface area contributed by atoms with Crippen LogP contribution in [0, 0.1) is 0 Å². The summed E-state index contributed by atoms with van der Waals surface area (Å²) < 4.78 is 11.1. The van der Waals surface area contributed by atoms with Crippen molar-refractivity contribution < 1.29 is 8.94 Å². The molecule has 0 N–H and O–H groups in total. The quantitative estimate of drug-likeness (QED) is 0.712. The minimum absolute atomic E-state index is 0.428. The van der Waals surface area contributed by atoms with Gasteiger partial charge in [-0.3, -0.25) is 0 Å². The van der Waals surface area contributed by atoms with Gasteiger partial charge in [-0.05, 0) is 31.0 Å². The normalized spacial score (nSPS) is 16.4. The lowest BCUT2D eigenvalue weighted by Crippen LogP contribution is -2.04. The van der Waals surface area contributed by atoms with E-state index in [2.05, 4.69) is 15.1 Å². The third-order valence-corrected chi connectivity index (χ3v) is 4.39. The highest BCUT2D eigenvalue weighted by atomic mass is 16.5. The summed E-state index contributed by atoms with van der Waals surface area (Å²) in [5, 5.41) is 4.15. The lowest BCUT2D eigenvalue weighted by Gasteiger charge is -2.17. The smallest absolute Gasteiger partial charge is 0.230 e. The van der Waals surface area contributed by atoms with Crippen molar-refractivity contribution in [2.75, 3.05) is 0 Å². The molecule has 2 heterocycles. The van der Waals surface area contributed by atoms with Gasteiger partial charge in [0.15, 0.2) is 11.5 Å². The molecule has 1 aliphatic carbocycles. The van der Waals surface area contributed by atoms with Crippen LogP contribution in [0.25, 0.3) is 22.5 Å². The Bertz CT molecular complexity index is 784. The summed E-state index contributed by atoms with van der Waals surface area (Å²) in [5.41, 5.74) is 2.57. The van der Waals surface area contributed by atoms with Crippen molar-refractivity contribution >= 4 is 11.1 Å². The molecule has 1 fully saturated rings. The molecule has 5 nitrogen and oxygen atoms in total. The SMILES string of the molecule is CCc1nc2cc(-c3noc(C4CCCCC4)n3)ccc2o1. The lowest BCUT2D eigenvalue weighted by molar-refractivity contribution is 0.314. The standard InChI is InChI=1S/C17H19N3O2/c1-2-15-18-13-10-12(8-9-14(13)21-15)16-19-17(22-20-16)11-6-4-3-5-7-11/h8-11H,2-7H2,1H3. The number of hydrogen-bond donors (Lipinski definition) is 0. The van der Waals surface area contributed by atoms with E-state index >= 15 is 0 Å². The number of rotatable bonds is 3. The second-order valence-corrected chi connectivity index (χ2v) is 5.93. The summed E-state index contributed by atoms with van der Waals surface area (Å²) in [5.74, 6) is 2.60. The van der Waals surface area contributed by atoms with Crippen LogP contribution in [0.15, 0.2) is 27.1 Å². The maximum atomic E-state index is 5.63. The Labute approximate surface area is 128 Å². The fourth-order valence-corrected chi connectivity index (χ4v) is 3.13. The van der Waals surface area contributed by atoms with Crippen molar-refractivity contribution in [1.29, 1.82) is 0 Å². The summed E-state index contributed by atoms with van der Waals surface area (Å²) in [6.07, 6.45) is 6.94. The molecule has 22 heavy (non-hydrogen) atoms. The first kappa shape index (κ1) is 13.5. The zero-order chi connectivity index (χ0) is 14.9. The average molecular weight is 297 g/mol. The third-order valence-electron chi connectivity index (χ3n) is 4.39. The van der Waals surface area contributed by atoms with E-state index in [0.717, 1.165) is 47.7 Å². The van der Waals surface area contributed by atoms with Crippen molar-refractivity contribution in [1.82, 2.24) is 15.1 Å². The highest BCUT2D eigenvalue weighted by Crippen LogP contribution is 2.32. The Morgan fingerprint density at radius 2 is 2.00 bits per heavy atom. The summed E-state index contributed by atoms with van der Waals surface area (Å²) in [7, 11) is 0. The molecule has 1 aliphatic rings. The molecule has 1 saturated carbocycles. The van der Waals surface area contributed by atoms with Gasteiger partial charge in [0.1, 0.15) is 5.52 Å². The van der Waals surface area contributed by atoms with Gasteiger partial charge in [-0.25, -0.2) is 4.98 Å². The van der Waals surface area contributed by atoms with Crippen molar-refractivity contribution in [3.63, 3.8) is 0 Å². The summed E-state index contributed by atoms with van der Waals surface area (Å²) in [6, 6.07) is 5.85. The summed E-state index contributed by atoms with van der Waals surface area (Å²) in [6.45, 7) is 2.03. The van der Waals surface area contributed by atoms with Crippen molar-refractivity contribution in [2.45, 2.75) is 51.4 Å². The van der Waals surface area contributed by atoms with E-state index in [1.165, 1.54) is 19.3 Å². The fraction of sp³-hybridized carbons (Fsp3) is 0.471. The second-order valence-electron chi connectivity index (χ2n) is 5.93. The molecule has 0 radical (unpaired) electrons. The number of hydrogen-bond acceptors (Lipinski definition) is 5. The van der Waals surface area contributed by atoms with Crippen LogP contribution in [-0.4, -0.2) is 15.1 Å². The number of oxazole rings is 1. The molecule has 4 rings (SSSR count). The van der Waals surface area contributed by atoms with Gasteiger partial charge in [0.2, 0.25) is 11.7 Å². The Kier molecular flexibility index (Phi) is 3.41. The average Bonchev–Trinajstić information content (AvgIpc) is 3.21. The number of benzene rings is 1. The lowest BCUT2D eigenvalue weighted by atomic mass is 9.89. The van der Waals surface area contributed by atoms with Crippen LogP contribution in [0.2, 0.25) is 0 Å². The molecule has 114 valence electrons. The molecule has 0 unspecified atom stereocenters. The monoisotopic (exact) mass is 297 g/mol. The molecule has 2 aromatic heterocycles. The minimum Gasteiger partial charge on any atom is -0.441 e. The van der Waals surface area contributed by atoms with Crippen LogP contribution in [0.1, 0.15) is 56.7 Å². The molecule has 0 amide bonds. The molecule has 3 aromatic rings. The zero-order valence-corrected chi connectivity index (χ0v) is 12.7. The Morgan fingerprint density at radius 3 is 2.82 bits per heavy atom. The third kappa shape index (κ3) is 2.40. The summed E-state index contributed by atoms with van der Waals surface area (Å²) in [4.78, 5) is 9.06.